The Morgan fingerprint density at radius 2 is 2.00 bits per heavy atom. The van der Waals surface area contributed by atoms with Gasteiger partial charge in [0.25, 0.3) is 5.91 Å². The molecule has 0 radical (unpaired) electrons. The fourth-order valence-electron chi connectivity index (χ4n) is 3.79. The van der Waals surface area contributed by atoms with Crippen molar-refractivity contribution in [2.45, 2.75) is 13.8 Å². The zero-order chi connectivity index (χ0) is 19.5. The molecule has 1 aromatic heterocycles. The van der Waals surface area contributed by atoms with Gasteiger partial charge in [0.15, 0.2) is 0 Å². The second kappa shape index (κ2) is 8.12. The first-order valence-corrected chi connectivity index (χ1v) is 9.86. The van der Waals surface area contributed by atoms with Crippen LogP contribution in [0.15, 0.2) is 42.7 Å². The highest BCUT2D eigenvalue weighted by Gasteiger charge is 2.15. The molecule has 0 bridgehead atoms. The van der Waals surface area contributed by atoms with Crippen LogP contribution in [-0.4, -0.2) is 54.9 Å². The van der Waals surface area contributed by atoms with Gasteiger partial charge in [-0.15, -0.1) is 0 Å². The van der Waals surface area contributed by atoms with Crippen LogP contribution in [0.1, 0.15) is 21.5 Å². The van der Waals surface area contributed by atoms with Crippen LogP contribution < -0.4 is 10.2 Å². The average molecular weight is 379 g/mol. The number of aromatic nitrogens is 2. The lowest BCUT2D eigenvalue weighted by Gasteiger charge is -2.23. The maximum atomic E-state index is 12.5. The number of quaternary nitrogens is 1. The molecule has 2 N–H and O–H groups in total. The predicted molar refractivity (Wildman–Crippen MR) is 109 cm³/mol. The Balaban J connectivity index is 1.47. The van der Waals surface area contributed by atoms with Gasteiger partial charge in [-0.3, -0.25) is 9.36 Å². The third-order valence-corrected chi connectivity index (χ3v) is 5.39. The SMILES string of the molecule is Cc1ccc(-n2cnc3cc(C(=O)NCC[NH+]4CCOCC4)ccc32)c(C)c1. The van der Waals surface area contributed by atoms with Crippen LogP contribution in [0.3, 0.4) is 0 Å². The number of ether oxygens (including phenoxy) is 1. The van der Waals surface area contributed by atoms with Crippen molar-refractivity contribution in [2.75, 3.05) is 39.4 Å². The molecule has 1 saturated heterocycles. The number of hydrogen-bond acceptors (Lipinski definition) is 3. The van der Waals surface area contributed by atoms with E-state index in [0.29, 0.717) is 12.1 Å². The third kappa shape index (κ3) is 3.93. The van der Waals surface area contributed by atoms with E-state index in [1.807, 2.05) is 24.5 Å². The molecule has 6 heteroatoms. The highest BCUT2D eigenvalue weighted by Crippen LogP contribution is 2.22. The molecular weight excluding hydrogens is 352 g/mol. The Morgan fingerprint density at radius 1 is 1.18 bits per heavy atom. The van der Waals surface area contributed by atoms with Crippen molar-refractivity contribution in [3.8, 4) is 5.69 Å². The molecule has 2 aromatic carbocycles. The number of morpholine rings is 1. The van der Waals surface area contributed by atoms with Gasteiger partial charge in [0.05, 0.1) is 43.0 Å². The number of carbonyl (C=O) groups excluding carboxylic acids is 1. The topological polar surface area (TPSA) is 60.6 Å². The summed E-state index contributed by atoms with van der Waals surface area (Å²) < 4.78 is 7.44. The zero-order valence-electron chi connectivity index (χ0n) is 16.5. The summed E-state index contributed by atoms with van der Waals surface area (Å²) >= 11 is 0. The van der Waals surface area contributed by atoms with Crippen molar-refractivity contribution in [1.29, 1.82) is 0 Å². The van der Waals surface area contributed by atoms with Gasteiger partial charge in [-0.2, -0.15) is 0 Å². The minimum absolute atomic E-state index is 0.0457. The van der Waals surface area contributed by atoms with Crippen LogP contribution in [0, 0.1) is 13.8 Å². The highest BCUT2D eigenvalue weighted by atomic mass is 16.5. The molecule has 1 fully saturated rings. The van der Waals surface area contributed by atoms with Crippen molar-refractivity contribution in [1.82, 2.24) is 14.9 Å². The lowest BCUT2D eigenvalue weighted by atomic mass is 10.1. The molecule has 3 aromatic rings. The lowest BCUT2D eigenvalue weighted by Crippen LogP contribution is -3.14. The van der Waals surface area contributed by atoms with Gasteiger partial charge in [-0.05, 0) is 43.7 Å². The summed E-state index contributed by atoms with van der Waals surface area (Å²) in [6.45, 7) is 9.43. The Hall–Kier alpha value is -2.70. The monoisotopic (exact) mass is 379 g/mol. The fraction of sp³-hybridized carbons (Fsp3) is 0.364. The van der Waals surface area contributed by atoms with E-state index in [9.17, 15) is 4.79 Å². The number of rotatable bonds is 5. The van der Waals surface area contributed by atoms with E-state index in [0.717, 1.165) is 49.6 Å². The largest absolute Gasteiger partial charge is 0.370 e. The molecule has 0 atom stereocenters. The minimum Gasteiger partial charge on any atom is -0.370 e. The molecule has 1 amide bonds. The van der Waals surface area contributed by atoms with Crippen LogP contribution in [0.4, 0.5) is 0 Å². The van der Waals surface area contributed by atoms with Crippen molar-refractivity contribution in [2.24, 2.45) is 0 Å². The number of amides is 1. The number of benzene rings is 2. The van der Waals surface area contributed by atoms with Gasteiger partial charge in [-0.1, -0.05) is 17.7 Å². The molecule has 28 heavy (non-hydrogen) atoms. The summed E-state index contributed by atoms with van der Waals surface area (Å²) in [6.07, 6.45) is 1.83. The number of imidazole rings is 1. The molecule has 6 nitrogen and oxygen atoms in total. The molecule has 2 heterocycles. The number of nitrogens with zero attached hydrogens (tertiary/aromatic N) is 2. The van der Waals surface area contributed by atoms with E-state index in [2.05, 4.69) is 46.9 Å². The van der Waals surface area contributed by atoms with E-state index in [-0.39, 0.29) is 5.91 Å². The second-order valence-electron chi connectivity index (χ2n) is 7.48. The lowest BCUT2D eigenvalue weighted by molar-refractivity contribution is -0.906. The maximum absolute atomic E-state index is 12.5. The van der Waals surface area contributed by atoms with Crippen LogP contribution in [0.2, 0.25) is 0 Å². The molecule has 1 aliphatic heterocycles. The predicted octanol–water partition coefficient (Wildman–Crippen LogP) is 1.29. The van der Waals surface area contributed by atoms with Crippen molar-refractivity contribution < 1.29 is 14.4 Å². The summed E-state index contributed by atoms with van der Waals surface area (Å²) in [5.41, 5.74) is 6.03. The Bertz CT molecular complexity index is 989. The molecule has 0 unspecified atom stereocenters. The number of aryl methyl sites for hydroxylation is 2. The van der Waals surface area contributed by atoms with Crippen molar-refractivity contribution in [3.05, 3.63) is 59.4 Å². The molecule has 4 rings (SSSR count). The van der Waals surface area contributed by atoms with Gasteiger partial charge in [0, 0.05) is 5.56 Å². The van der Waals surface area contributed by atoms with Gasteiger partial charge < -0.3 is 15.0 Å². The van der Waals surface area contributed by atoms with Crippen LogP contribution in [0.25, 0.3) is 16.7 Å². The first-order chi connectivity index (χ1) is 13.6. The normalized spacial score (nSPS) is 15.1. The molecular formula is C22H27N4O2+. The van der Waals surface area contributed by atoms with Gasteiger partial charge in [0.1, 0.15) is 19.4 Å². The fourth-order valence-corrected chi connectivity index (χ4v) is 3.79. The summed E-state index contributed by atoms with van der Waals surface area (Å²) in [4.78, 5) is 18.5. The zero-order valence-corrected chi connectivity index (χ0v) is 16.5. The van der Waals surface area contributed by atoms with E-state index in [4.69, 9.17) is 4.74 Å². The van der Waals surface area contributed by atoms with Crippen molar-refractivity contribution in [3.63, 3.8) is 0 Å². The van der Waals surface area contributed by atoms with Crippen LogP contribution in [0.5, 0.6) is 0 Å². The second-order valence-corrected chi connectivity index (χ2v) is 7.48. The van der Waals surface area contributed by atoms with E-state index >= 15 is 0 Å². The Morgan fingerprint density at radius 3 is 2.79 bits per heavy atom. The van der Waals surface area contributed by atoms with E-state index < -0.39 is 0 Å². The molecule has 0 spiro atoms. The van der Waals surface area contributed by atoms with E-state index in [1.165, 1.54) is 16.0 Å². The third-order valence-electron chi connectivity index (χ3n) is 5.39. The number of nitrogens with one attached hydrogen (secondary N) is 2. The Kier molecular flexibility index (Phi) is 5.41. The standard InChI is InChI=1S/C22H26N4O2/c1-16-3-5-20(17(2)13-16)26-15-24-19-14-18(4-6-21(19)26)22(27)23-7-8-25-9-11-28-12-10-25/h3-6,13-15H,7-12H2,1-2H3,(H,23,27)/p+1. The summed E-state index contributed by atoms with van der Waals surface area (Å²) in [5, 5.41) is 3.03. The highest BCUT2D eigenvalue weighted by molar-refractivity contribution is 5.97. The summed E-state index contributed by atoms with van der Waals surface area (Å²) in [6, 6.07) is 12.1. The first-order valence-electron chi connectivity index (χ1n) is 9.86. The maximum Gasteiger partial charge on any atom is 0.251 e. The quantitative estimate of drug-likeness (QED) is 0.702. The van der Waals surface area contributed by atoms with Crippen LogP contribution >= 0.6 is 0 Å². The van der Waals surface area contributed by atoms with Gasteiger partial charge in [-0.25, -0.2) is 4.98 Å². The molecule has 0 aliphatic carbocycles. The molecule has 1 aliphatic rings. The Labute approximate surface area is 165 Å². The van der Waals surface area contributed by atoms with Gasteiger partial charge in [0.2, 0.25) is 0 Å². The summed E-state index contributed by atoms with van der Waals surface area (Å²) in [7, 11) is 0. The van der Waals surface area contributed by atoms with E-state index in [1.54, 1.807) is 0 Å². The average Bonchev–Trinajstić information content (AvgIpc) is 3.12. The number of hydrogen-bond donors (Lipinski definition) is 2. The first kappa shape index (κ1) is 18.7. The molecule has 146 valence electrons. The summed E-state index contributed by atoms with van der Waals surface area (Å²) in [5.74, 6) is -0.0457. The molecule has 0 saturated carbocycles. The number of carbonyl (C=O) groups is 1. The van der Waals surface area contributed by atoms with Crippen molar-refractivity contribution >= 4 is 16.9 Å². The smallest absolute Gasteiger partial charge is 0.251 e. The van der Waals surface area contributed by atoms with Gasteiger partial charge >= 0.3 is 0 Å². The van der Waals surface area contributed by atoms with Crippen LogP contribution in [-0.2, 0) is 4.74 Å². The minimum atomic E-state index is -0.0457. The number of fused-ring (bicyclic) bond motifs is 1.